The minimum atomic E-state index is -0.181. The quantitative estimate of drug-likeness (QED) is 0.766. The molecule has 0 radical (unpaired) electrons. The minimum absolute atomic E-state index is 0.00660. The van der Waals surface area contributed by atoms with Crippen LogP contribution in [0.4, 0.5) is 0 Å². The van der Waals surface area contributed by atoms with E-state index in [1.807, 2.05) is 56.3 Å². The number of aryl methyl sites for hydroxylation is 1. The Hall–Kier alpha value is -2.24. The third-order valence-electron chi connectivity index (χ3n) is 4.11. The first kappa shape index (κ1) is 20.1. The number of methoxy groups -OCH3 is 1. The van der Waals surface area contributed by atoms with Crippen molar-refractivity contribution >= 4 is 17.5 Å². The molecule has 1 amide bonds. The Kier molecular flexibility index (Phi) is 7.30. The van der Waals surface area contributed by atoms with Crippen LogP contribution in [0.1, 0.15) is 17.2 Å². The Balaban J connectivity index is 1.94. The highest BCUT2D eigenvalue weighted by Gasteiger charge is 2.19. The lowest BCUT2D eigenvalue weighted by Crippen LogP contribution is -2.37. The van der Waals surface area contributed by atoms with E-state index in [4.69, 9.17) is 21.1 Å². The van der Waals surface area contributed by atoms with Crippen LogP contribution in [-0.4, -0.2) is 45.2 Å². The Morgan fingerprint density at radius 1 is 1.23 bits per heavy atom. The molecular formula is C20H25ClN2O3. The van der Waals surface area contributed by atoms with Crippen molar-refractivity contribution in [2.75, 3.05) is 34.4 Å². The molecule has 5 nitrogen and oxygen atoms in total. The number of benzene rings is 2. The van der Waals surface area contributed by atoms with Crippen LogP contribution in [0.2, 0.25) is 5.02 Å². The average Bonchev–Trinajstić information content (AvgIpc) is 2.63. The SMILES string of the molecule is COc1ccccc1[C@@H](CNC(=O)COc1ccc(Cl)c(C)c1)N(C)C. The number of amides is 1. The molecule has 1 N–H and O–H groups in total. The first-order valence-corrected chi connectivity index (χ1v) is 8.75. The molecule has 0 saturated heterocycles. The molecule has 0 heterocycles. The molecule has 2 aromatic carbocycles. The van der Waals surface area contributed by atoms with Gasteiger partial charge in [0.25, 0.3) is 5.91 Å². The fourth-order valence-corrected chi connectivity index (χ4v) is 2.75. The first-order chi connectivity index (χ1) is 12.4. The predicted octanol–water partition coefficient (Wildman–Crippen LogP) is 3.45. The summed E-state index contributed by atoms with van der Waals surface area (Å²) in [7, 11) is 5.58. The number of rotatable bonds is 8. The number of hydrogen-bond donors (Lipinski definition) is 1. The number of likely N-dealkylation sites (N-methyl/N-ethyl adjacent to an activating group) is 1. The molecule has 140 valence electrons. The van der Waals surface area contributed by atoms with Gasteiger partial charge in [-0.25, -0.2) is 0 Å². The van der Waals surface area contributed by atoms with E-state index in [-0.39, 0.29) is 18.6 Å². The summed E-state index contributed by atoms with van der Waals surface area (Å²) in [6.07, 6.45) is 0. The van der Waals surface area contributed by atoms with Crippen LogP contribution in [0.15, 0.2) is 42.5 Å². The van der Waals surface area contributed by atoms with E-state index in [2.05, 4.69) is 5.32 Å². The molecular weight excluding hydrogens is 352 g/mol. The molecule has 0 fully saturated rings. The molecule has 0 aromatic heterocycles. The summed E-state index contributed by atoms with van der Waals surface area (Å²) >= 11 is 5.99. The predicted molar refractivity (Wildman–Crippen MR) is 104 cm³/mol. The van der Waals surface area contributed by atoms with Crippen LogP contribution < -0.4 is 14.8 Å². The zero-order chi connectivity index (χ0) is 19.1. The number of nitrogens with one attached hydrogen (secondary N) is 1. The van der Waals surface area contributed by atoms with Crippen molar-refractivity contribution in [3.05, 3.63) is 58.6 Å². The van der Waals surface area contributed by atoms with Crippen molar-refractivity contribution in [3.63, 3.8) is 0 Å². The van der Waals surface area contributed by atoms with Crippen LogP contribution in [-0.2, 0) is 4.79 Å². The molecule has 0 bridgehead atoms. The van der Waals surface area contributed by atoms with E-state index >= 15 is 0 Å². The van der Waals surface area contributed by atoms with Gasteiger partial charge in [0.1, 0.15) is 11.5 Å². The molecule has 2 aromatic rings. The van der Waals surface area contributed by atoms with Crippen molar-refractivity contribution in [1.82, 2.24) is 10.2 Å². The first-order valence-electron chi connectivity index (χ1n) is 8.37. The number of carbonyl (C=O) groups is 1. The summed E-state index contributed by atoms with van der Waals surface area (Å²) in [5.74, 6) is 1.24. The second-order valence-electron chi connectivity index (χ2n) is 6.23. The van der Waals surface area contributed by atoms with E-state index < -0.39 is 0 Å². The topological polar surface area (TPSA) is 50.8 Å². The minimum Gasteiger partial charge on any atom is -0.496 e. The summed E-state index contributed by atoms with van der Waals surface area (Å²) in [6, 6.07) is 13.1. The molecule has 0 saturated carbocycles. The van der Waals surface area contributed by atoms with Crippen molar-refractivity contribution in [2.24, 2.45) is 0 Å². The van der Waals surface area contributed by atoms with E-state index in [1.54, 1.807) is 19.2 Å². The maximum Gasteiger partial charge on any atom is 0.258 e. The van der Waals surface area contributed by atoms with Gasteiger partial charge in [0, 0.05) is 17.1 Å². The van der Waals surface area contributed by atoms with Crippen LogP contribution in [0, 0.1) is 6.92 Å². The van der Waals surface area contributed by atoms with Gasteiger partial charge in [-0.15, -0.1) is 0 Å². The molecule has 0 aliphatic heterocycles. The van der Waals surface area contributed by atoms with Crippen molar-refractivity contribution < 1.29 is 14.3 Å². The van der Waals surface area contributed by atoms with Gasteiger partial charge < -0.3 is 19.7 Å². The summed E-state index contributed by atoms with van der Waals surface area (Å²) in [4.78, 5) is 14.2. The van der Waals surface area contributed by atoms with E-state index in [0.29, 0.717) is 17.3 Å². The third kappa shape index (κ3) is 5.38. The third-order valence-corrected chi connectivity index (χ3v) is 4.54. The van der Waals surface area contributed by atoms with Gasteiger partial charge in [0.2, 0.25) is 0 Å². The fourth-order valence-electron chi connectivity index (χ4n) is 2.63. The molecule has 2 rings (SSSR count). The van der Waals surface area contributed by atoms with E-state index in [0.717, 1.165) is 16.9 Å². The summed E-state index contributed by atoms with van der Waals surface area (Å²) in [5, 5.41) is 3.60. The van der Waals surface area contributed by atoms with Gasteiger partial charge in [-0.3, -0.25) is 4.79 Å². The van der Waals surface area contributed by atoms with Crippen LogP contribution >= 0.6 is 11.6 Å². The highest BCUT2D eigenvalue weighted by molar-refractivity contribution is 6.31. The Morgan fingerprint density at radius 2 is 1.96 bits per heavy atom. The second kappa shape index (κ2) is 9.46. The maximum atomic E-state index is 12.2. The van der Waals surface area contributed by atoms with Gasteiger partial charge in [-0.2, -0.15) is 0 Å². The standard InChI is InChI=1S/C20H25ClN2O3/c1-14-11-15(9-10-17(14)21)26-13-20(24)22-12-18(23(2)3)16-7-5-6-8-19(16)25-4/h5-11,18H,12-13H2,1-4H3,(H,22,24)/t18-/m1/s1. The van der Waals surface area contributed by atoms with Gasteiger partial charge in [0.05, 0.1) is 13.2 Å². The Bertz CT molecular complexity index is 750. The Labute approximate surface area is 159 Å². The number of carbonyl (C=O) groups excluding carboxylic acids is 1. The van der Waals surface area contributed by atoms with Gasteiger partial charge in [-0.1, -0.05) is 29.8 Å². The number of para-hydroxylation sites is 1. The summed E-state index contributed by atoms with van der Waals surface area (Å²) in [5.41, 5.74) is 1.93. The molecule has 0 spiro atoms. The van der Waals surface area contributed by atoms with Gasteiger partial charge in [0.15, 0.2) is 6.61 Å². The van der Waals surface area contributed by atoms with E-state index in [1.165, 1.54) is 0 Å². The maximum absolute atomic E-state index is 12.2. The van der Waals surface area contributed by atoms with Gasteiger partial charge >= 0.3 is 0 Å². The molecule has 1 atom stereocenters. The lowest BCUT2D eigenvalue weighted by Gasteiger charge is -2.26. The number of nitrogens with zero attached hydrogens (tertiary/aromatic N) is 1. The molecule has 6 heteroatoms. The molecule has 0 aliphatic carbocycles. The number of hydrogen-bond acceptors (Lipinski definition) is 4. The zero-order valence-corrected chi connectivity index (χ0v) is 16.3. The van der Waals surface area contributed by atoms with Crippen LogP contribution in [0.25, 0.3) is 0 Å². The second-order valence-corrected chi connectivity index (χ2v) is 6.63. The fraction of sp³-hybridized carbons (Fsp3) is 0.350. The van der Waals surface area contributed by atoms with Crippen LogP contribution in [0.3, 0.4) is 0 Å². The summed E-state index contributed by atoms with van der Waals surface area (Å²) in [6.45, 7) is 2.30. The molecule has 26 heavy (non-hydrogen) atoms. The lowest BCUT2D eigenvalue weighted by atomic mass is 10.0. The van der Waals surface area contributed by atoms with Crippen LogP contribution in [0.5, 0.6) is 11.5 Å². The summed E-state index contributed by atoms with van der Waals surface area (Å²) < 4.78 is 11.0. The van der Waals surface area contributed by atoms with Crippen molar-refractivity contribution in [1.29, 1.82) is 0 Å². The highest BCUT2D eigenvalue weighted by Crippen LogP contribution is 2.27. The van der Waals surface area contributed by atoms with Gasteiger partial charge in [-0.05, 0) is 50.8 Å². The zero-order valence-electron chi connectivity index (χ0n) is 15.6. The number of ether oxygens (including phenoxy) is 2. The van der Waals surface area contributed by atoms with Crippen molar-refractivity contribution in [2.45, 2.75) is 13.0 Å². The largest absolute Gasteiger partial charge is 0.496 e. The smallest absolute Gasteiger partial charge is 0.258 e. The highest BCUT2D eigenvalue weighted by atomic mass is 35.5. The van der Waals surface area contributed by atoms with Crippen molar-refractivity contribution in [3.8, 4) is 11.5 Å². The van der Waals surface area contributed by atoms with E-state index in [9.17, 15) is 4.79 Å². The number of halogens is 1. The molecule has 0 unspecified atom stereocenters. The lowest BCUT2D eigenvalue weighted by molar-refractivity contribution is -0.123. The average molecular weight is 377 g/mol. The normalized spacial score (nSPS) is 11.9. The Morgan fingerprint density at radius 3 is 2.62 bits per heavy atom. The monoisotopic (exact) mass is 376 g/mol. The molecule has 0 aliphatic rings.